The van der Waals surface area contributed by atoms with Crippen LogP contribution in [0.25, 0.3) is 0 Å². The predicted octanol–water partition coefficient (Wildman–Crippen LogP) is 0.853. The second kappa shape index (κ2) is 5.59. The van der Waals surface area contributed by atoms with Crippen molar-refractivity contribution in [1.29, 1.82) is 0 Å². The van der Waals surface area contributed by atoms with Crippen molar-refractivity contribution in [3.05, 3.63) is 24.3 Å². The van der Waals surface area contributed by atoms with Crippen LogP contribution in [-0.4, -0.2) is 31.4 Å². The molecule has 0 unspecified atom stereocenters. The highest BCUT2D eigenvalue weighted by molar-refractivity contribution is 5.89. The molecule has 0 atom stereocenters. The first kappa shape index (κ1) is 11.8. The lowest BCUT2D eigenvalue weighted by atomic mass is 10.3. The number of carbonyl (C=O) groups is 2. The molecule has 0 aliphatic carbocycles. The summed E-state index contributed by atoms with van der Waals surface area (Å²) in [5, 5.41) is 2.69. The fraction of sp³-hybridized carbons (Fsp3) is 0.200. The van der Waals surface area contributed by atoms with Gasteiger partial charge in [-0.25, -0.2) is 4.79 Å². The molecule has 1 rings (SSSR count). The largest absolute Gasteiger partial charge is 0.331 e. The van der Waals surface area contributed by atoms with Crippen molar-refractivity contribution in [3.63, 3.8) is 0 Å². The minimum absolute atomic E-state index is 0.188. The van der Waals surface area contributed by atoms with Crippen molar-refractivity contribution in [2.75, 3.05) is 24.8 Å². The number of nitrogens with zero attached hydrogens (tertiary/aromatic N) is 1. The molecule has 86 valence electrons. The summed E-state index contributed by atoms with van der Waals surface area (Å²) in [5.41, 5.74) is 6.39. The maximum atomic E-state index is 11.3. The van der Waals surface area contributed by atoms with Gasteiger partial charge in [-0.1, -0.05) is 0 Å². The maximum Gasteiger partial charge on any atom is 0.321 e. The Hall–Kier alpha value is -2.24. The Labute approximate surface area is 93.6 Å². The summed E-state index contributed by atoms with van der Waals surface area (Å²) >= 11 is 0. The molecule has 0 aromatic heterocycles. The van der Waals surface area contributed by atoms with Crippen molar-refractivity contribution in [3.8, 4) is 0 Å². The minimum Gasteiger partial charge on any atom is -0.331 e. The second-order valence-electron chi connectivity index (χ2n) is 3.29. The topological polar surface area (TPSA) is 73.5 Å². The summed E-state index contributed by atoms with van der Waals surface area (Å²) in [6, 6.07) is 6.75. The van der Waals surface area contributed by atoms with Crippen LogP contribution in [0.4, 0.5) is 16.2 Å². The van der Waals surface area contributed by atoms with Crippen LogP contribution in [0.1, 0.15) is 0 Å². The van der Waals surface area contributed by atoms with Gasteiger partial charge in [-0.05, 0) is 24.3 Å². The average Bonchev–Trinajstić information content (AvgIpc) is 2.28. The Balaban J connectivity index is 2.57. The monoisotopic (exact) mass is 222 g/mol. The Bertz CT molecular complexity index is 362. The van der Waals surface area contributed by atoms with Gasteiger partial charge in [0.1, 0.15) is 0 Å². The fourth-order valence-electron chi connectivity index (χ4n) is 0.985. The van der Waals surface area contributed by atoms with Crippen molar-refractivity contribution in [2.24, 2.45) is 0 Å². The van der Waals surface area contributed by atoms with Crippen LogP contribution in [0.15, 0.2) is 24.3 Å². The predicted molar refractivity (Wildman–Crippen MR) is 62.0 cm³/mol. The molecule has 3 N–H and O–H groups in total. The highest BCUT2D eigenvalue weighted by atomic mass is 16.2. The number of hydrogen-bond donors (Lipinski definition) is 3. The van der Waals surface area contributed by atoms with Crippen molar-refractivity contribution in [1.82, 2.24) is 10.3 Å². The molecule has 0 heterocycles. The molecule has 16 heavy (non-hydrogen) atoms. The third kappa shape index (κ3) is 3.49. The van der Waals surface area contributed by atoms with E-state index in [2.05, 4.69) is 16.2 Å². The fourth-order valence-corrected chi connectivity index (χ4v) is 0.985. The number of urea groups is 1. The van der Waals surface area contributed by atoms with E-state index in [9.17, 15) is 9.59 Å². The quantitative estimate of drug-likeness (QED) is 0.522. The molecule has 0 aliphatic rings. The number of rotatable bonds is 4. The summed E-state index contributed by atoms with van der Waals surface area (Å²) in [6.07, 6.45) is 0.543. The average molecular weight is 222 g/mol. The lowest BCUT2D eigenvalue weighted by Crippen LogP contribution is -2.27. The summed E-state index contributed by atoms with van der Waals surface area (Å²) in [7, 11) is 3.33. The number of hydrogen-bond acceptors (Lipinski definition) is 3. The number of nitrogens with one attached hydrogen (secondary N) is 3. The van der Waals surface area contributed by atoms with Crippen LogP contribution in [0.2, 0.25) is 0 Å². The maximum absolute atomic E-state index is 11.3. The van der Waals surface area contributed by atoms with Gasteiger partial charge in [0.05, 0.1) is 5.69 Å². The Morgan fingerprint density at radius 3 is 2.25 bits per heavy atom. The van der Waals surface area contributed by atoms with Crippen molar-refractivity contribution < 1.29 is 9.59 Å². The molecular formula is C10H14N4O2. The summed E-state index contributed by atoms with van der Waals surface area (Å²) < 4.78 is 0. The molecule has 0 bridgehead atoms. The van der Waals surface area contributed by atoms with E-state index < -0.39 is 0 Å². The highest BCUT2D eigenvalue weighted by Gasteiger charge is 2.02. The van der Waals surface area contributed by atoms with Gasteiger partial charge < -0.3 is 10.2 Å². The molecule has 1 aromatic rings. The molecule has 0 saturated carbocycles. The van der Waals surface area contributed by atoms with Crippen molar-refractivity contribution >= 4 is 23.8 Å². The van der Waals surface area contributed by atoms with E-state index in [0.29, 0.717) is 12.1 Å². The van der Waals surface area contributed by atoms with E-state index in [1.54, 1.807) is 38.4 Å². The van der Waals surface area contributed by atoms with Gasteiger partial charge in [-0.2, -0.15) is 0 Å². The minimum atomic E-state index is -0.188. The van der Waals surface area contributed by atoms with Gasteiger partial charge >= 0.3 is 6.03 Å². The van der Waals surface area contributed by atoms with E-state index >= 15 is 0 Å². The van der Waals surface area contributed by atoms with Crippen molar-refractivity contribution in [2.45, 2.75) is 0 Å². The highest BCUT2D eigenvalue weighted by Crippen LogP contribution is 2.12. The lowest BCUT2D eigenvalue weighted by Gasteiger charge is -2.12. The Kier molecular flexibility index (Phi) is 4.14. The molecule has 1 aromatic carbocycles. The van der Waals surface area contributed by atoms with Gasteiger partial charge in [0.15, 0.2) is 0 Å². The smallest absolute Gasteiger partial charge is 0.321 e. The van der Waals surface area contributed by atoms with Gasteiger partial charge in [-0.15, -0.1) is 0 Å². The first-order valence-corrected chi connectivity index (χ1v) is 4.67. The standard InChI is InChI=1S/C10H14N4O2/c1-14(2)10(16)12-8-3-5-9(6-4-8)13-11-7-15/h3-7,13H,1-2H3,(H,11,15)(H,12,16). The first-order valence-electron chi connectivity index (χ1n) is 4.67. The third-order valence-electron chi connectivity index (χ3n) is 1.82. The van der Waals surface area contributed by atoms with Gasteiger partial charge in [-0.3, -0.25) is 15.6 Å². The molecule has 0 fully saturated rings. The van der Waals surface area contributed by atoms with Crippen LogP contribution >= 0.6 is 0 Å². The van der Waals surface area contributed by atoms with E-state index in [4.69, 9.17) is 0 Å². The van der Waals surface area contributed by atoms with Crippen LogP contribution in [0.3, 0.4) is 0 Å². The molecule has 6 nitrogen and oxygen atoms in total. The van der Waals surface area contributed by atoms with E-state index in [1.165, 1.54) is 4.90 Å². The van der Waals surface area contributed by atoms with E-state index in [1.807, 2.05) is 0 Å². The second-order valence-corrected chi connectivity index (χ2v) is 3.29. The molecular weight excluding hydrogens is 208 g/mol. The molecule has 0 aliphatic heterocycles. The third-order valence-corrected chi connectivity index (χ3v) is 1.82. The van der Waals surface area contributed by atoms with E-state index in [0.717, 1.165) is 5.69 Å². The molecule has 6 heteroatoms. The van der Waals surface area contributed by atoms with E-state index in [-0.39, 0.29) is 6.03 Å². The number of amides is 3. The molecule has 0 radical (unpaired) electrons. The van der Waals surface area contributed by atoms with Gasteiger partial charge in [0, 0.05) is 19.8 Å². The number of hydrazine groups is 1. The normalized spacial score (nSPS) is 9.12. The molecule has 0 saturated heterocycles. The Morgan fingerprint density at radius 2 is 1.75 bits per heavy atom. The number of carbonyl (C=O) groups excluding carboxylic acids is 2. The number of anilines is 2. The summed E-state index contributed by atoms with van der Waals surface area (Å²) in [4.78, 5) is 22.8. The summed E-state index contributed by atoms with van der Waals surface area (Å²) in [5.74, 6) is 0. The van der Waals surface area contributed by atoms with Crippen LogP contribution < -0.4 is 16.2 Å². The number of benzene rings is 1. The van der Waals surface area contributed by atoms with Gasteiger partial charge in [0.2, 0.25) is 6.41 Å². The first-order chi connectivity index (χ1) is 7.63. The van der Waals surface area contributed by atoms with Gasteiger partial charge in [0.25, 0.3) is 0 Å². The lowest BCUT2D eigenvalue weighted by molar-refractivity contribution is -0.109. The zero-order valence-electron chi connectivity index (χ0n) is 9.15. The zero-order chi connectivity index (χ0) is 12.0. The molecule has 0 spiro atoms. The SMILES string of the molecule is CN(C)C(=O)Nc1ccc(NNC=O)cc1. The summed E-state index contributed by atoms with van der Waals surface area (Å²) in [6.45, 7) is 0. The van der Waals surface area contributed by atoms with Crippen LogP contribution in [0, 0.1) is 0 Å². The Morgan fingerprint density at radius 1 is 1.19 bits per heavy atom. The zero-order valence-corrected chi connectivity index (χ0v) is 9.15. The van der Waals surface area contributed by atoms with Crippen LogP contribution in [0.5, 0.6) is 0 Å². The molecule has 3 amide bonds. The van der Waals surface area contributed by atoms with Crippen LogP contribution in [-0.2, 0) is 4.79 Å².